The minimum absolute atomic E-state index is 0. The molecule has 0 aliphatic carbocycles. The molecule has 0 unspecified atom stereocenters. The summed E-state index contributed by atoms with van der Waals surface area (Å²) in [6, 6.07) is 32.4. The van der Waals surface area contributed by atoms with Gasteiger partial charge in [-0.2, -0.15) is 40.5 Å². The number of carbonyl (C=O) groups excluding carboxylic acids is 3. The summed E-state index contributed by atoms with van der Waals surface area (Å²) in [6.45, 7) is 13.6. The van der Waals surface area contributed by atoms with E-state index in [1.807, 2.05) is 92.8 Å². The Kier molecular flexibility index (Phi) is 25.0. The van der Waals surface area contributed by atoms with Crippen molar-refractivity contribution in [1.29, 1.82) is 0 Å². The minimum Gasteiger partial charge on any atom is -0.369 e. The largest absolute Gasteiger partial charge is 0.369 e. The predicted molar refractivity (Wildman–Crippen MR) is 393 cm³/mol. The van der Waals surface area contributed by atoms with Crippen LogP contribution in [0.3, 0.4) is 0 Å². The molecular formula is C70H76N20O3S3. The number of anilines is 3. The Labute approximate surface area is 580 Å². The molecule has 0 spiro atoms. The molecule has 9 heterocycles. The van der Waals surface area contributed by atoms with Gasteiger partial charge in [0.25, 0.3) is 17.7 Å². The van der Waals surface area contributed by atoms with Crippen molar-refractivity contribution in [3.8, 4) is 33.8 Å². The smallest absolute Gasteiger partial charge is 0.251 e. The number of rotatable bonds is 18. The third-order valence-corrected chi connectivity index (χ3v) is 15.4. The summed E-state index contributed by atoms with van der Waals surface area (Å²) in [4.78, 5) is 97.0. The van der Waals surface area contributed by atoms with Gasteiger partial charge in [-0.25, -0.2) is 49.8 Å². The molecule has 0 fully saturated rings. The SMILES string of the molecule is CNC(=O)c1ccnc2c([C@H](C)CNc3cc(-c4ccc(C)nc4)ncn3)cccc12.CNC(=O)c1ccnc2c([C@H](C)CNc3cc(-c4cnc(C)nc4)ncn3)cccc12.S.S.S.[2H]c1nc(C)nc([2H])c1-c1cc(NC[C@@H](C)c2cccc3c(C(=O)NC)ccnc23)ncn1. The van der Waals surface area contributed by atoms with Crippen LogP contribution in [0.15, 0.2) is 172 Å². The van der Waals surface area contributed by atoms with E-state index >= 15 is 0 Å². The summed E-state index contributed by atoms with van der Waals surface area (Å²) < 4.78 is 16.2. The molecule has 6 N–H and O–H groups in total. The number of hydrogen-bond donors (Lipinski definition) is 6. The molecule has 9 aromatic heterocycles. The Morgan fingerprint density at radius 3 is 1.09 bits per heavy atom. The topological polar surface area (TPSA) is 304 Å². The van der Waals surface area contributed by atoms with Crippen LogP contribution in [0.5, 0.6) is 0 Å². The van der Waals surface area contributed by atoms with Gasteiger partial charge in [-0.1, -0.05) is 75.4 Å². The molecule has 0 saturated carbocycles. The van der Waals surface area contributed by atoms with Crippen LogP contribution in [0.2, 0.25) is 0 Å². The van der Waals surface area contributed by atoms with Crippen molar-refractivity contribution in [2.45, 2.75) is 59.3 Å². The quantitative estimate of drug-likeness (QED) is 0.0465. The highest BCUT2D eigenvalue weighted by molar-refractivity contribution is 7.59. The number of benzene rings is 3. The van der Waals surface area contributed by atoms with E-state index in [0.717, 1.165) is 89.2 Å². The van der Waals surface area contributed by atoms with Gasteiger partial charge >= 0.3 is 0 Å². The second-order valence-electron chi connectivity index (χ2n) is 21.8. The number of para-hydroxylation sites is 3. The van der Waals surface area contributed by atoms with Crippen molar-refractivity contribution in [2.24, 2.45) is 0 Å². The third kappa shape index (κ3) is 17.7. The van der Waals surface area contributed by atoms with Crippen LogP contribution < -0.4 is 31.9 Å². The fraction of sp³-hybridized carbons (Fsp3) is 0.214. The Morgan fingerprint density at radius 2 is 0.740 bits per heavy atom. The number of aryl methyl sites for hydroxylation is 3. The van der Waals surface area contributed by atoms with E-state index in [-0.39, 0.29) is 93.9 Å². The summed E-state index contributed by atoms with van der Waals surface area (Å²) in [5.74, 6) is 3.07. The molecule has 0 aliphatic rings. The highest BCUT2D eigenvalue weighted by Crippen LogP contribution is 2.31. The summed E-state index contributed by atoms with van der Waals surface area (Å²) in [5.41, 5.74) is 12.4. The first-order valence-corrected chi connectivity index (χ1v) is 30.0. The Hall–Kier alpha value is -10.7. The fourth-order valence-electron chi connectivity index (χ4n) is 10.3. The van der Waals surface area contributed by atoms with E-state index in [9.17, 15) is 14.4 Å². The van der Waals surface area contributed by atoms with Gasteiger partial charge in [-0.05, 0) is 67.8 Å². The van der Waals surface area contributed by atoms with Crippen molar-refractivity contribution in [1.82, 2.24) is 85.7 Å². The number of aromatic nitrogens is 14. The van der Waals surface area contributed by atoms with E-state index < -0.39 is 0 Å². The first-order chi connectivity index (χ1) is 46.0. The molecule has 3 aromatic carbocycles. The molecule has 492 valence electrons. The number of pyridine rings is 4. The maximum atomic E-state index is 12.2. The van der Waals surface area contributed by atoms with Crippen molar-refractivity contribution < 1.29 is 17.1 Å². The molecule has 0 bridgehead atoms. The molecule has 0 saturated heterocycles. The lowest BCUT2D eigenvalue weighted by Crippen LogP contribution is -2.18. The lowest BCUT2D eigenvalue weighted by atomic mass is 9.96. The van der Waals surface area contributed by atoms with Crippen LogP contribution in [0.1, 0.15) is 106 Å². The lowest BCUT2D eigenvalue weighted by Gasteiger charge is -2.16. The molecule has 3 amide bonds. The van der Waals surface area contributed by atoms with E-state index in [1.54, 1.807) is 89.6 Å². The maximum absolute atomic E-state index is 12.2. The number of hydrogen-bond acceptors (Lipinski definition) is 20. The van der Waals surface area contributed by atoms with Gasteiger partial charge in [0.05, 0.1) is 53.1 Å². The second-order valence-corrected chi connectivity index (χ2v) is 21.8. The summed E-state index contributed by atoms with van der Waals surface area (Å²) in [7, 11) is 4.87. The lowest BCUT2D eigenvalue weighted by molar-refractivity contribution is 0.0956. The van der Waals surface area contributed by atoms with E-state index in [4.69, 9.17) is 2.74 Å². The Bertz CT molecular complexity index is 4540. The summed E-state index contributed by atoms with van der Waals surface area (Å²) >= 11 is 0. The van der Waals surface area contributed by atoms with E-state index in [2.05, 4.69) is 129 Å². The highest BCUT2D eigenvalue weighted by atomic mass is 32.1. The fourth-order valence-corrected chi connectivity index (χ4v) is 10.3. The first kappa shape index (κ1) is 69.6. The molecule has 0 aliphatic heterocycles. The number of carbonyl (C=O) groups is 3. The summed E-state index contributed by atoms with van der Waals surface area (Å²) in [5, 5.41) is 20.6. The monoisotopic (exact) mass is 1340 g/mol. The Balaban J connectivity index is 0.000000204. The van der Waals surface area contributed by atoms with Crippen LogP contribution in [0.25, 0.3) is 66.5 Å². The van der Waals surface area contributed by atoms with Crippen molar-refractivity contribution in [3.63, 3.8) is 0 Å². The van der Waals surface area contributed by atoms with Crippen LogP contribution in [-0.2, 0) is 0 Å². The average molecular weight is 1340 g/mol. The standard InChI is InChI=1S/C24H24N6O.2C23H23N7O.3H2S/c1-15(18-5-4-6-19-20(24(31)25-3)9-10-26-23(18)19)12-28-22-11-21(29-14-30-22)17-8-7-16(2)27-13-17;2*1-14(17-5-4-6-18-19(23(31)24-3)7-8-25-22(17)18)10-28-21-9-20(29-13-30-21)16-11-26-15(2)27-12-16;;;/h4-11,13-15H,12H2,1-3H3,(H,25,31)(H,28,29,30);2*4-9,11-14H,10H2,1-3H3,(H,24,31)(H,28,29,30);3*1H2/t15-;2*14-;;;/m111.../s1/i;11D,12D;;;;. The van der Waals surface area contributed by atoms with Crippen LogP contribution in [0, 0.1) is 20.8 Å². The number of amides is 3. The van der Waals surface area contributed by atoms with Gasteiger partial charge in [-0.15, -0.1) is 0 Å². The van der Waals surface area contributed by atoms with Gasteiger partial charge in [0.2, 0.25) is 0 Å². The van der Waals surface area contributed by atoms with Gasteiger partial charge in [0, 0.05) is 165 Å². The predicted octanol–water partition coefficient (Wildman–Crippen LogP) is 11.0. The molecule has 12 aromatic rings. The van der Waals surface area contributed by atoms with Crippen LogP contribution in [-0.4, -0.2) is 128 Å². The van der Waals surface area contributed by atoms with Crippen molar-refractivity contribution >= 4 is 108 Å². The van der Waals surface area contributed by atoms with Crippen LogP contribution in [0.4, 0.5) is 17.5 Å². The first-order valence-electron chi connectivity index (χ1n) is 31.0. The molecule has 12 rings (SSSR count). The second kappa shape index (κ2) is 34.5. The number of fused-ring (bicyclic) bond motifs is 3. The molecule has 96 heavy (non-hydrogen) atoms. The van der Waals surface area contributed by atoms with Gasteiger partial charge in [0.1, 0.15) is 48.1 Å². The zero-order chi connectivity index (χ0) is 67.1. The van der Waals surface area contributed by atoms with Crippen LogP contribution >= 0.6 is 40.5 Å². The van der Waals surface area contributed by atoms with E-state index in [1.165, 1.54) is 12.7 Å². The Morgan fingerprint density at radius 1 is 0.396 bits per heavy atom. The number of nitrogens with one attached hydrogen (secondary N) is 6. The van der Waals surface area contributed by atoms with Crippen molar-refractivity contribution in [3.05, 3.63) is 222 Å². The highest BCUT2D eigenvalue weighted by Gasteiger charge is 2.19. The maximum Gasteiger partial charge on any atom is 0.251 e. The van der Waals surface area contributed by atoms with Gasteiger partial charge < -0.3 is 31.9 Å². The average Bonchev–Trinajstić information content (AvgIpc) is 0.806. The zero-order valence-electron chi connectivity index (χ0n) is 56.4. The summed E-state index contributed by atoms with van der Waals surface area (Å²) in [6.07, 6.45) is 14.7. The molecular weight excluding hydrogens is 1270 g/mol. The molecule has 26 heteroatoms. The van der Waals surface area contributed by atoms with Gasteiger partial charge in [0.15, 0.2) is 0 Å². The normalized spacial score (nSPS) is 11.8. The van der Waals surface area contributed by atoms with Crippen molar-refractivity contribution in [2.75, 3.05) is 56.7 Å². The molecule has 3 atom stereocenters. The minimum atomic E-state index is -0.151. The molecule has 0 radical (unpaired) electrons. The van der Waals surface area contributed by atoms with E-state index in [0.29, 0.717) is 59.5 Å². The third-order valence-electron chi connectivity index (χ3n) is 15.4. The molecule has 23 nitrogen and oxygen atoms in total. The zero-order valence-corrected chi connectivity index (χ0v) is 57.4. The van der Waals surface area contributed by atoms with Gasteiger partial charge in [-0.3, -0.25) is 34.3 Å². The number of nitrogens with zero attached hydrogens (tertiary/aromatic N) is 14.